The highest BCUT2D eigenvalue weighted by Gasteiger charge is 2.31. The van der Waals surface area contributed by atoms with Crippen LogP contribution in [0.1, 0.15) is 31.9 Å². The summed E-state index contributed by atoms with van der Waals surface area (Å²) in [5, 5.41) is 0. The Balaban J connectivity index is 2.22. The van der Waals surface area contributed by atoms with Crippen molar-refractivity contribution in [2.75, 3.05) is 13.7 Å². The van der Waals surface area contributed by atoms with Crippen LogP contribution in [0.3, 0.4) is 0 Å². The number of methoxy groups -OCH3 is 1. The van der Waals surface area contributed by atoms with Gasteiger partial charge in [-0.3, -0.25) is 0 Å². The van der Waals surface area contributed by atoms with E-state index in [1.165, 1.54) is 11.1 Å². The molecular weight excluding hydrogens is 318 g/mol. The van der Waals surface area contributed by atoms with Gasteiger partial charge in [0.05, 0.1) is 12.7 Å². The van der Waals surface area contributed by atoms with Gasteiger partial charge in [-0.2, -0.15) is 0 Å². The van der Waals surface area contributed by atoms with Crippen LogP contribution >= 0.6 is 15.9 Å². The fourth-order valence-corrected chi connectivity index (χ4v) is 3.58. The number of hydrogen-bond acceptors (Lipinski definition) is 3. The Morgan fingerprint density at radius 2 is 2.10 bits per heavy atom. The molecule has 0 saturated heterocycles. The van der Waals surface area contributed by atoms with E-state index in [0.29, 0.717) is 0 Å². The number of hydrogen-bond donors (Lipinski definition) is 1. The van der Waals surface area contributed by atoms with Gasteiger partial charge in [0.1, 0.15) is 5.75 Å². The molecule has 0 amide bonds. The summed E-state index contributed by atoms with van der Waals surface area (Å²) in [7, 11) is 1.73. The first-order chi connectivity index (χ1) is 9.32. The minimum Gasteiger partial charge on any atom is -0.493 e. The molecule has 0 bridgehead atoms. The molecule has 0 saturated carbocycles. The first-order valence-electron chi connectivity index (χ1n) is 7.05. The van der Waals surface area contributed by atoms with E-state index in [-0.39, 0.29) is 17.6 Å². The van der Waals surface area contributed by atoms with Crippen LogP contribution in [-0.2, 0) is 17.6 Å². The third kappa shape index (κ3) is 3.35. The van der Waals surface area contributed by atoms with Gasteiger partial charge in [-0.25, -0.2) is 0 Å². The molecule has 0 aromatic heterocycles. The smallest absolute Gasteiger partial charge is 0.125 e. The number of halogens is 1. The van der Waals surface area contributed by atoms with Crippen LogP contribution in [0.2, 0.25) is 0 Å². The van der Waals surface area contributed by atoms with Crippen molar-refractivity contribution in [3.05, 3.63) is 27.7 Å². The van der Waals surface area contributed by atoms with E-state index in [2.05, 4.69) is 48.8 Å². The molecule has 1 aliphatic heterocycles. The second kappa shape index (κ2) is 6.04. The van der Waals surface area contributed by atoms with Crippen molar-refractivity contribution in [3.8, 4) is 5.75 Å². The number of fused-ring (bicyclic) bond motifs is 1. The van der Waals surface area contributed by atoms with Gasteiger partial charge in [0.15, 0.2) is 0 Å². The van der Waals surface area contributed by atoms with Crippen LogP contribution in [0.15, 0.2) is 16.6 Å². The van der Waals surface area contributed by atoms with E-state index < -0.39 is 0 Å². The molecule has 3 nitrogen and oxygen atoms in total. The summed E-state index contributed by atoms with van der Waals surface area (Å²) < 4.78 is 12.5. The predicted molar refractivity (Wildman–Crippen MR) is 85.3 cm³/mol. The largest absolute Gasteiger partial charge is 0.493 e. The zero-order valence-corrected chi connectivity index (χ0v) is 14.3. The minimum absolute atomic E-state index is 0.0125. The maximum absolute atomic E-state index is 6.39. The molecule has 2 atom stereocenters. The minimum atomic E-state index is -0.0531. The quantitative estimate of drug-likeness (QED) is 0.913. The van der Waals surface area contributed by atoms with Gasteiger partial charge in [0.25, 0.3) is 0 Å². The van der Waals surface area contributed by atoms with Crippen LogP contribution in [0.25, 0.3) is 0 Å². The van der Waals surface area contributed by atoms with Crippen molar-refractivity contribution in [1.82, 2.24) is 0 Å². The summed E-state index contributed by atoms with van der Waals surface area (Å²) in [5.41, 5.74) is 8.85. The summed E-state index contributed by atoms with van der Waals surface area (Å²) in [4.78, 5) is 0. The third-order valence-electron chi connectivity index (χ3n) is 3.78. The van der Waals surface area contributed by atoms with Gasteiger partial charge in [-0.05, 0) is 35.1 Å². The molecule has 0 fully saturated rings. The second-order valence-corrected chi connectivity index (χ2v) is 7.46. The molecule has 2 N–H and O–H groups in total. The zero-order chi connectivity index (χ0) is 14.9. The van der Waals surface area contributed by atoms with Crippen LogP contribution in [0, 0.1) is 5.41 Å². The van der Waals surface area contributed by atoms with Gasteiger partial charge in [-0.1, -0.05) is 36.7 Å². The Kier molecular flexibility index (Phi) is 4.77. The molecule has 2 unspecified atom stereocenters. The Hall–Kier alpha value is -0.580. The Morgan fingerprint density at radius 3 is 2.70 bits per heavy atom. The SMILES string of the molecule is COC(C(N)Cc1cc(Br)cc2c1OCC2)C(C)(C)C. The molecule has 1 heterocycles. The summed E-state index contributed by atoms with van der Waals surface area (Å²) >= 11 is 3.57. The normalized spacial score (nSPS) is 17.5. The highest BCUT2D eigenvalue weighted by molar-refractivity contribution is 9.10. The molecule has 0 radical (unpaired) electrons. The van der Waals surface area contributed by atoms with E-state index in [1.54, 1.807) is 7.11 Å². The lowest BCUT2D eigenvalue weighted by Gasteiger charge is -2.34. The summed E-state index contributed by atoms with van der Waals surface area (Å²) in [6.07, 6.45) is 1.75. The van der Waals surface area contributed by atoms with E-state index in [1.807, 2.05) is 0 Å². The molecule has 0 aliphatic carbocycles. The number of ether oxygens (including phenoxy) is 2. The van der Waals surface area contributed by atoms with Crippen molar-refractivity contribution >= 4 is 15.9 Å². The van der Waals surface area contributed by atoms with Crippen molar-refractivity contribution in [3.63, 3.8) is 0 Å². The average Bonchev–Trinajstić information content (AvgIpc) is 2.75. The molecule has 4 heteroatoms. The van der Waals surface area contributed by atoms with Crippen molar-refractivity contribution < 1.29 is 9.47 Å². The highest BCUT2D eigenvalue weighted by atomic mass is 79.9. The molecule has 1 aromatic rings. The molecule has 0 spiro atoms. The predicted octanol–water partition coefficient (Wildman–Crippen LogP) is 3.31. The highest BCUT2D eigenvalue weighted by Crippen LogP contribution is 2.35. The van der Waals surface area contributed by atoms with Crippen molar-refractivity contribution in [2.24, 2.45) is 11.1 Å². The van der Waals surface area contributed by atoms with Crippen molar-refractivity contribution in [1.29, 1.82) is 0 Å². The van der Waals surface area contributed by atoms with E-state index in [0.717, 1.165) is 29.7 Å². The molecule has 20 heavy (non-hydrogen) atoms. The van der Waals surface area contributed by atoms with E-state index >= 15 is 0 Å². The van der Waals surface area contributed by atoms with Crippen LogP contribution < -0.4 is 10.5 Å². The lowest BCUT2D eigenvalue weighted by Crippen LogP contribution is -2.46. The summed E-state index contributed by atoms with van der Waals surface area (Å²) in [6, 6.07) is 4.19. The lowest BCUT2D eigenvalue weighted by atomic mass is 9.82. The number of rotatable bonds is 4. The van der Waals surface area contributed by atoms with Crippen molar-refractivity contribution in [2.45, 2.75) is 45.8 Å². The Morgan fingerprint density at radius 1 is 1.40 bits per heavy atom. The Bertz CT molecular complexity index is 482. The van der Waals surface area contributed by atoms with Crippen LogP contribution in [-0.4, -0.2) is 25.9 Å². The fourth-order valence-electron chi connectivity index (χ4n) is 3.03. The van der Waals surface area contributed by atoms with Crippen LogP contribution in [0.4, 0.5) is 0 Å². The van der Waals surface area contributed by atoms with Gasteiger partial charge >= 0.3 is 0 Å². The van der Waals surface area contributed by atoms with Gasteiger partial charge in [0.2, 0.25) is 0 Å². The lowest BCUT2D eigenvalue weighted by molar-refractivity contribution is -0.00175. The first-order valence-corrected chi connectivity index (χ1v) is 7.84. The third-order valence-corrected chi connectivity index (χ3v) is 4.24. The van der Waals surface area contributed by atoms with E-state index in [4.69, 9.17) is 15.2 Å². The summed E-state index contributed by atoms with van der Waals surface area (Å²) in [6.45, 7) is 7.23. The molecular formula is C16H24BrNO2. The fraction of sp³-hybridized carbons (Fsp3) is 0.625. The first kappa shape index (κ1) is 15.8. The summed E-state index contributed by atoms with van der Waals surface area (Å²) in [5.74, 6) is 1.02. The van der Waals surface area contributed by atoms with Gasteiger partial charge < -0.3 is 15.2 Å². The number of nitrogens with two attached hydrogens (primary N) is 1. The average molecular weight is 342 g/mol. The van der Waals surface area contributed by atoms with Gasteiger partial charge in [-0.15, -0.1) is 0 Å². The zero-order valence-electron chi connectivity index (χ0n) is 12.7. The van der Waals surface area contributed by atoms with Gasteiger partial charge in [0, 0.05) is 24.0 Å². The molecule has 112 valence electrons. The Labute approximate surface area is 130 Å². The maximum atomic E-state index is 6.39. The monoisotopic (exact) mass is 341 g/mol. The topological polar surface area (TPSA) is 44.5 Å². The molecule has 1 aliphatic rings. The standard InChI is InChI=1S/C16H24BrNO2/c1-16(2,3)15(19-4)13(18)9-11-8-12(17)7-10-5-6-20-14(10)11/h7-8,13,15H,5-6,9,18H2,1-4H3. The number of benzene rings is 1. The second-order valence-electron chi connectivity index (χ2n) is 6.54. The maximum Gasteiger partial charge on any atom is 0.125 e. The molecule has 1 aromatic carbocycles. The van der Waals surface area contributed by atoms with E-state index in [9.17, 15) is 0 Å². The molecule has 2 rings (SSSR count). The van der Waals surface area contributed by atoms with Crippen LogP contribution in [0.5, 0.6) is 5.75 Å².